The molecule has 1 aliphatic carbocycles. The molecule has 1 aliphatic rings. The molecule has 0 atom stereocenters. The lowest BCUT2D eigenvalue weighted by Gasteiger charge is -2.25. The third kappa shape index (κ3) is 1.70. The third-order valence-electron chi connectivity index (χ3n) is 3.02. The van der Waals surface area contributed by atoms with Gasteiger partial charge in [-0.2, -0.15) is 26.3 Å². The van der Waals surface area contributed by atoms with Gasteiger partial charge in [0.1, 0.15) is 5.03 Å². The van der Waals surface area contributed by atoms with Crippen LogP contribution in [0.25, 0.3) is 5.57 Å². The average Bonchev–Trinajstić information content (AvgIpc) is 2.46. The van der Waals surface area contributed by atoms with Crippen LogP contribution < -0.4 is 0 Å². The summed E-state index contributed by atoms with van der Waals surface area (Å²) in [7, 11) is 0. The Hall–Kier alpha value is -1.43. The molecular formula is C13H7ClF6. The first-order valence-electron chi connectivity index (χ1n) is 5.34. The molecule has 0 spiro atoms. The number of halogens is 7. The van der Waals surface area contributed by atoms with Crippen molar-refractivity contribution in [2.45, 2.75) is 17.8 Å². The van der Waals surface area contributed by atoms with Gasteiger partial charge in [-0.25, -0.2) is 0 Å². The molecule has 2 rings (SSSR count). The van der Waals surface area contributed by atoms with Crippen LogP contribution in [0.5, 0.6) is 0 Å². The Balaban J connectivity index is 2.62. The van der Waals surface area contributed by atoms with E-state index in [-0.39, 0.29) is 5.56 Å². The van der Waals surface area contributed by atoms with Crippen molar-refractivity contribution in [3.8, 4) is 0 Å². The molecule has 0 saturated carbocycles. The minimum atomic E-state index is -5.59. The summed E-state index contributed by atoms with van der Waals surface area (Å²) in [5.74, 6) is -15.8. The fourth-order valence-electron chi connectivity index (χ4n) is 1.89. The summed E-state index contributed by atoms with van der Waals surface area (Å²) in [6.07, 6.45) is 0. The van der Waals surface area contributed by atoms with Crippen LogP contribution in [-0.4, -0.2) is 17.8 Å². The van der Waals surface area contributed by atoms with Crippen molar-refractivity contribution >= 4 is 17.2 Å². The molecule has 0 nitrogen and oxygen atoms in total. The first-order chi connectivity index (χ1) is 9.05. The van der Waals surface area contributed by atoms with Crippen molar-refractivity contribution < 1.29 is 26.3 Å². The Morgan fingerprint density at radius 1 is 0.900 bits per heavy atom. The van der Waals surface area contributed by atoms with Crippen LogP contribution in [0, 0.1) is 0 Å². The minimum absolute atomic E-state index is 0.00817. The molecule has 0 unspecified atom stereocenters. The highest BCUT2D eigenvalue weighted by Gasteiger charge is 2.80. The second-order valence-electron chi connectivity index (χ2n) is 4.26. The van der Waals surface area contributed by atoms with Gasteiger partial charge in [0.15, 0.2) is 0 Å². The molecule has 0 N–H and O–H groups in total. The lowest BCUT2D eigenvalue weighted by Crippen LogP contribution is -2.49. The third-order valence-corrected chi connectivity index (χ3v) is 3.45. The van der Waals surface area contributed by atoms with E-state index in [0.717, 1.165) is 0 Å². The van der Waals surface area contributed by atoms with E-state index in [1.165, 1.54) is 24.3 Å². The molecular weight excluding hydrogens is 306 g/mol. The Morgan fingerprint density at radius 2 is 1.40 bits per heavy atom. The molecule has 0 amide bonds. The maximum absolute atomic E-state index is 13.6. The maximum Gasteiger partial charge on any atom is 0.381 e. The van der Waals surface area contributed by atoms with Crippen LogP contribution in [0.15, 0.2) is 47.5 Å². The van der Waals surface area contributed by atoms with Gasteiger partial charge in [-0.15, -0.1) is 0 Å². The van der Waals surface area contributed by atoms with Gasteiger partial charge in [-0.1, -0.05) is 48.5 Å². The van der Waals surface area contributed by atoms with Crippen molar-refractivity contribution in [1.29, 1.82) is 0 Å². The van der Waals surface area contributed by atoms with E-state index in [4.69, 9.17) is 11.6 Å². The predicted octanol–water partition coefficient (Wildman–Crippen LogP) is 5.11. The smallest absolute Gasteiger partial charge is 0.194 e. The summed E-state index contributed by atoms with van der Waals surface area (Å²) in [4.78, 5) is 0. The predicted molar refractivity (Wildman–Crippen MR) is 63.2 cm³/mol. The lowest BCUT2D eigenvalue weighted by molar-refractivity contribution is -0.262. The summed E-state index contributed by atoms with van der Waals surface area (Å²) < 4.78 is 80.2. The molecule has 0 aromatic heterocycles. The Kier molecular flexibility index (Phi) is 3.20. The molecule has 0 aliphatic heterocycles. The molecule has 7 heteroatoms. The first-order valence-corrected chi connectivity index (χ1v) is 5.72. The average molecular weight is 313 g/mol. The highest BCUT2D eigenvalue weighted by Crippen LogP contribution is 2.62. The van der Waals surface area contributed by atoms with E-state index in [2.05, 4.69) is 6.58 Å². The van der Waals surface area contributed by atoms with Gasteiger partial charge in [-0.05, 0) is 11.1 Å². The molecule has 0 bridgehead atoms. The van der Waals surface area contributed by atoms with Gasteiger partial charge in [0.05, 0.1) is 5.57 Å². The van der Waals surface area contributed by atoms with Gasteiger partial charge in [-0.3, -0.25) is 0 Å². The minimum Gasteiger partial charge on any atom is -0.194 e. The number of rotatable bonds is 2. The molecule has 0 fully saturated rings. The van der Waals surface area contributed by atoms with Crippen molar-refractivity contribution in [2.75, 3.05) is 0 Å². The summed E-state index contributed by atoms with van der Waals surface area (Å²) in [5, 5.41) is -1.87. The molecule has 0 heterocycles. The van der Waals surface area contributed by atoms with Crippen molar-refractivity contribution in [3.63, 3.8) is 0 Å². The number of hydrogen-bond acceptors (Lipinski definition) is 0. The molecule has 1 aromatic rings. The zero-order valence-corrected chi connectivity index (χ0v) is 10.5. The van der Waals surface area contributed by atoms with Gasteiger partial charge >= 0.3 is 17.8 Å². The number of hydrogen-bond donors (Lipinski definition) is 0. The van der Waals surface area contributed by atoms with E-state index in [1.54, 1.807) is 6.07 Å². The van der Waals surface area contributed by atoms with Crippen molar-refractivity contribution in [3.05, 3.63) is 53.1 Å². The quantitative estimate of drug-likeness (QED) is 0.666. The Bertz CT molecular complexity index is 588. The number of benzene rings is 1. The highest BCUT2D eigenvalue weighted by molar-refractivity contribution is 6.32. The summed E-state index contributed by atoms with van der Waals surface area (Å²) in [6.45, 7) is 3.20. The molecule has 1 aromatic carbocycles. The molecule has 0 radical (unpaired) electrons. The monoisotopic (exact) mass is 312 g/mol. The lowest BCUT2D eigenvalue weighted by atomic mass is 9.96. The van der Waals surface area contributed by atoms with E-state index in [0.29, 0.717) is 0 Å². The van der Waals surface area contributed by atoms with Crippen LogP contribution in [0.1, 0.15) is 5.56 Å². The first kappa shape index (κ1) is 15.0. The van der Waals surface area contributed by atoms with E-state index < -0.39 is 33.9 Å². The molecule has 108 valence electrons. The second kappa shape index (κ2) is 4.28. The van der Waals surface area contributed by atoms with Gasteiger partial charge < -0.3 is 0 Å². The van der Waals surface area contributed by atoms with Crippen LogP contribution in [0.2, 0.25) is 0 Å². The maximum atomic E-state index is 13.6. The van der Waals surface area contributed by atoms with Gasteiger partial charge in [0.2, 0.25) is 0 Å². The molecule has 0 saturated heterocycles. The zero-order valence-electron chi connectivity index (χ0n) is 9.74. The van der Waals surface area contributed by atoms with Crippen molar-refractivity contribution in [1.82, 2.24) is 0 Å². The van der Waals surface area contributed by atoms with E-state index in [1.807, 2.05) is 0 Å². The fourth-order valence-corrected chi connectivity index (χ4v) is 2.24. The van der Waals surface area contributed by atoms with Crippen LogP contribution >= 0.6 is 11.6 Å². The Labute approximate surface area is 115 Å². The van der Waals surface area contributed by atoms with Gasteiger partial charge in [0, 0.05) is 0 Å². The number of alkyl halides is 6. The second-order valence-corrected chi connectivity index (χ2v) is 4.63. The van der Waals surface area contributed by atoms with E-state index in [9.17, 15) is 26.3 Å². The standard InChI is InChI=1S/C13H7ClF6/c1-7(8-5-3-2-4-6-8)9-10(14)12(17,18)13(19,20)11(9,15)16/h2-6H,1H2. The van der Waals surface area contributed by atoms with Crippen LogP contribution in [0.3, 0.4) is 0 Å². The summed E-state index contributed by atoms with van der Waals surface area (Å²) in [6, 6.07) is 6.97. The normalized spacial score (nSPS) is 22.9. The fraction of sp³-hybridized carbons (Fsp3) is 0.231. The summed E-state index contributed by atoms with van der Waals surface area (Å²) in [5.41, 5.74) is -2.27. The summed E-state index contributed by atoms with van der Waals surface area (Å²) >= 11 is 5.09. The van der Waals surface area contributed by atoms with Crippen LogP contribution in [0.4, 0.5) is 26.3 Å². The highest BCUT2D eigenvalue weighted by atomic mass is 35.5. The largest absolute Gasteiger partial charge is 0.381 e. The SMILES string of the molecule is C=C(C1=C(Cl)C(F)(F)C(F)(F)C1(F)F)c1ccccc1. The number of allylic oxidation sites excluding steroid dienone is 3. The zero-order chi connectivity index (χ0) is 15.3. The van der Waals surface area contributed by atoms with Crippen molar-refractivity contribution in [2.24, 2.45) is 0 Å². The van der Waals surface area contributed by atoms with E-state index >= 15 is 0 Å². The Morgan fingerprint density at radius 3 is 1.80 bits per heavy atom. The van der Waals surface area contributed by atoms with Crippen LogP contribution in [-0.2, 0) is 0 Å². The topological polar surface area (TPSA) is 0 Å². The molecule has 20 heavy (non-hydrogen) atoms. The van der Waals surface area contributed by atoms with Gasteiger partial charge in [0.25, 0.3) is 0 Å².